The predicted molar refractivity (Wildman–Crippen MR) is 106 cm³/mol. The van der Waals surface area contributed by atoms with Gasteiger partial charge in [-0.3, -0.25) is 4.68 Å². The monoisotopic (exact) mass is 370 g/mol. The maximum Gasteiger partial charge on any atom is 0.134 e. The van der Waals surface area contributed by atoms with E-state index in [0.29, 0.717) is 17.9 Å². The lowest BCUT2D eigenvalue weighted by Crippen LogP contribution is -2.43. The number of rotatable bonds is 5. The fraction of sp³-hybridized carbons (Fsp3) is 0.650. The molecule has 0 spiro atoms. The van der Waals surface area contributed by atoms with E-state index in [0.717, 1.165) is 50.6 Å². The molecular weight excluding hydrogens is 340 g/mol. The Kier molecular flexibility index (Phi) is 5.29. The molecule has 0 amide bonds. The van der Waals surface area contributed by atoms with Crippen molar-refractivity contribution >= 4 is 11.6 Å². The molecule has 2 aliphatic heterocycles. The molecule has 2 saturated heterocycles. The van der Waals surface area contributed by atoms with Gasteiger partial charge >= 0.3 is 0 Å². The number of aryl methyl sites for hydroxylation is 1. The lowest BCUT2D eigenvalue weighted by molar-refractivity contribution is -0.0203. The number of ether oxygens (including phenoxy) is 1. The van der Waals surface area contributed by atoms with Crippen LogP contribution in [0.15, 0.2) is 24.8 Å². The van der Waals surface area contributed by atoms with Gasteiger partial charge in [0.05, 0.1) is 18.3 Å². The molecule has 3 atom stereocenters. The Labute approximate surface area is 161 Å². The number of hydrogen-bond donors (Lipinski definition) is 1. The Hall–Kier alpha value is -2.15. The Morgan fingerprint density at radius 1 is 1.26 bits per heavy atom. The number of anilines is 2. The van der Waals surface area contributed by atoms with Crippen LogP contribution in [0, 0.1) is 5.92 Å². The van der Waals surface area contributed by atoms with Gasteiger partial charge in [-0.1, -0.05) is 13.8 Å². The highest BCUT2D eigenvalue weighted by molar-refractivity contribution is 5.50. The molecule has 7 nitrogen and oxygen atoms in total. The third-order valence-corrected chi connectivity index (χ3v) is 5.72. The molecule has 1 N–H and O–H groups in total. The molecule has 7 heteroatoms. The van der Waals surface area contributed by atoms with Gasteiger partial charge in [0.15, 0.2) is 0 Å². The van der Waals surface area contributed by atoms with Crippen LogP contribution < -0.4 is 10.2 Å². The fourth-order valence-electron chi connectivity index (χ4n) is 4.29. The molecule has 2 fully saturated rings. The molecule has 4 rings (SSSR count). The first-order valence-electron chi connectivity index (χ1n) is 10.0. The zero-order valence-corrected chi connectivity index (χ0v) is 16.5. The van der Waals surface area contributed by atoms with Crippen LogP contribution in [0.3, 0.4) is 0 Å². The minimum Gasteiger partial charge on any atom is -0.376 e. The van der Waals surface area contributed by atoms with Crippen LogP contribution in [0.5, 0.6) is 0 Å². The quantitative estimate of drug-likeness (QED) is 0.873. The van der Waals surface area contributed by atoms with Crippen molar-refractivity contribution in [2.75, 3.05) is 29.9 Å². The molecule has 4 heterocycles. The second-order valence-corrected chi connectivity index (χ2v) is 8.11. The highest BCUT2D eigenvalue weighted by atomic mass is 16.5. The molecule has 146 valence electrons. The molecular formula is C20H30N6O. The van der Waals surface area contributed by atoms with E-state index < -0.39 is 0 Å². The first-order chi connectivity index (χ1) is 13.1. The molecule has 2 aromatic rings. The number of nitrogens with one attached hydrogen (secondary N) is 1. The van der Waals surface area contributed by atoms with E-state index in [-0.39, 0.29) is 6.10 Å². The molecule has 0 bridgehead atoms. The van der Waals surface area contributed by atoms with E-state index in [9.17, 15) is 0 Å². The highest BCUT2D eigenvalue weighted by Crippen LogP contribution is 2.30. The first kappa shape index (κ1) is 18.2. The summed E-state index contributed by atoms with van der Waals surface area (Å²) in [5.41, 5.74) is 1.31. The van der Waals surface area contributed by atoms with Gasteiger partial charge in [0, 0.05) is 44.9 Å². The van der Waals surface area contributed by atoms with E-state index in [4.69, 9.17) is 4.74 Å². The second-order valence-electron chi connectivity index (χ2n) is 8.11. The minimum absolute atomic E-state index is 0.235. The van der Waals surface area contributed by atoms with Crippen molar-refractivity contribution in [1.82, 2.24) is 19.7 Å². The molecule has 27 heavy (non-hydrogen) atoms. The van der Waals surface area contributed by atoms with Crippen molar-refractivity contribution < 1.29 is 4.74 Å². The zero-order chi connectivity index (χ0) is 18.8. The first-order valence-corrected chi connectivity index (χ1v) is 10.0. The Morgan fingerprint density at radius 3 is 2.93 bits per heavy atom. The number of hydrogen-bond acceptors (Lipinski definition) is 6. The lowest BCUT2D eigenvalue weighted by Gasteiger charge is -2.35. The molecule has 0 aromatic carbocycles. The summed E-state index contributed by atoms with van der Waals surface area (Å²) < 4.78 is 7.87. The van der Waals surface area contributed by atoms with E-state index in [1.807, 2.05) is 17.9 Å². The van der Waals surface area contributed by atoms with Crippen LogP contribution in [0.2, 0.25) is 0 Å². The molecule has 0 saturated carbocycles. The van der Waals surface area contributed by atoms with Gasteiger partial charge in [0.2, 0.25) is 0 Å². The zero-order valence-electron chi connectivity index (χ0n) is 16.5. The van der Waals surface area contributed by atoms with Gasteiger partial charge in [-0.15, -0.1) is 0 Å². The third kappa shape index (κ3) is 4.08. The van der Waals surface area contributed by atoms with Gasteiger partial charge < -0.3 is 15.0 Å². The van der Waals surface area contributed by atoms with Crippen LogP contribution in [-0.4, -0.2) is 51.6 Å². The summed E-state index contributed by atoms with van der Waals surface area (Å²) in [4.78, 5) is 11.3. The van der Waals surface area contributed by atoms with Crippen LogP contribution >= 0.6 is 0 Å². The maximum absolute atomic E-state index is 6.00. The van der Waals surface area contributed by atoms with E-state index in [1.165, 1.54) is 5.56 Å². The lowest BCUT2D eigenvalue weighted by atomic mass is 9.94. The van der Waals surface area contributed by atoms with Gasteiger partial charge in [-0.25, -0.2) is 9.97 Å². The largest absolute Gasteiger partial charge is 0.376 e. The molecule has 2 aliphatic rings. The van der Waals surface area contributed by atoms with Crippen molar-refractivity contribution in [2.45, 2.75) is 51.2 Å². The summed E-state index contributed by atoms with van der Waals surface area (Å²) in [6.45, 7) is 7.29. The van der Waals surface area contributed by atoms with Crippen molar-refractivity contribution in [1.29, 1.82) is 0 Å². The average Bonchev–Trinajstić information content (AvgIpc) is 3.31. The summed E-state index contributed by atoms with van der Waals surface area (Å²) in [6.07, 6.45) is 9.35. The normalized spacial score (nSPS) is 25.9. The summed E-state index contributed by atoms with van der Waals surface area (Å²) in [6, 6.07) is 2.39. The van der Waals surface area contributed by atoms with Crippen LogP contribution in [0.4, 0.5) is 11.6 Å². The van der Waals surface area contributed by atoms with Gasteiger partial charge in [0.25, 0.3) is 0 Å². The van der Waals surface area contributed by atoms with Crippen molar-refractivity contribution in [3.63, 3.8) is 0 Å². The third-order valence-electron chi connectivity index (χ3n) is 5.72. The second kappa shape index (κ2) is 7.84. The Bertz CT molecular complexity index is 760. The van der Waals surface area contributed by atoms with E-state index in [2.05, 4.69) is 51.4 Å². The van der Waals surface area contributed by atoms with E-state index in [1.54, 1.807) is 6.33 Å². The molecule has 0 radical (unpaired) electrons. The average molecular weight is 371 g/mol. The molecule has 2 aromatic heterocycles. The van der Waals surface area contributed by atoms with E-state index >= 15 is 0 Å². The molecule has 3 unspecified atom stereocenters. The van der Waals surface area contributed by atoms with Crippen molar-refractivity contribution in [3.8, 4) is 0 Å². The number of aromatic nitrogens is 4. The van der Waals surface area contributed by atoms with Crippen LogP contribution in [-0.2, 0) is 11.8 Å². The number of nitrogens with zero attached hydrogens (tertiary/aromatic N) is 5. The summed E-state index contributed by atoms with van der Waals surface area (Å²) in [5, 5.41) is 7.92. The van der Waals surface area contributed by atoms with Gasteiger partial charge in [-0.05, 0) is 30.7 Å². The minimum atomic E-state index is 0.235. The standard InChI is InChI=1S/C20H30N6O/c1-14(2)20-17(5-4-8-27-20)24-18-9-19(22-13-21-18)26-7-6-15(12-26)16-10-23-25(3)11-16/h9-11,13-15,17,20H,4-8,12H2,1-3H3,(H,21,22,24). The highest BCUT2D eigenvalue weighted by Gasteiger charge is 2.29. The summed E-state index contributed by atoms with van der Waals surface area (Å²) in [7, 11) is 1.97. The summed E-state index contributed by atoms with van der Waals surface area (Å²) >= 11 is 0. The van der Waals surface area contributed by atoms with Crippen molar-refractivity contribution in [3.05, 3.63) is 30.4 Å². The fourth-order valence-corrected chi connectivity index (χ4v) is 4.29. The topological polar surface area (TPSA) is 68.1 Å². The molecule has 0 aliphatic carbocycles. The van der Waals surface area contributed by atoms with Crippen LogP contribution in [0.25, 0.3) is 0 Å². The van der Waals surface area contributed by atoms with Gasteiger partial charge in [-0.2, -0.15) is 5.10 Å². The van der Waals surface area contributed by atoms with Crippen LogP contribution in [0.1, 0.15) is 44.6 Å². The van der Waals surface area contributed by atoms with Crippen molar-refractivity contribution in [2.24, 2.45) is 13.0 Å². The maximum atomic E-state index is 6.00. The smallest absolute Gasteiger partial charge is 0.134 e. The SMILES string of the molecule is CC(C)C1OCCCC1Nc1cc(N2CCC(c3cnn(C)c3)C2)ncn1. The van der Waals surface area contributed by atoms with Gasteiger partial charge in [0.1, 0.15) is 18.0 Å². The Balaban J connectivity index is 1.43. The Morgan fingerprint density at radius 2 is 2.15 bits per heavy atom. The summed E-state index contributed by atoms with van der Waals surface area (Å²) in [5.74, 6) is 2.90. The predicted octanol–water partition coefficient (Wildman–Crippen LogP) is 2.82.